The molecule has 40 heavy (non-hydrogen) atoms. The van der Waals surface area contributed by atoms with E-state index < -0.39 is 29.9 Å². The zero-order valence-electron chi connectivity index (χ0n) is 20.7. The number of hydrogen-bond donors (Lipinski definition) is 2. The minimum atomic E-state index is -5.08. The van der Waals surface area contributed by atoms with Crippen LogP contribution in [0.15, 0.2) is 34.0 Å². The molecule has 2 N–H and O–H groups in total. The Kier molecular flexibility index (Phi) is 9.37. The third-order valence-corrected chi connectivity index (χ3v) is 6.68. The summed E-state index contributed by atoms with van der Waals surface area (Å²) in [4.78, 5) is 49.5. The molecule has 0 aromatic carbocycles. The highest BCUT2D eigenvalue weighted by Gasteiger charge is 2.43. The summed E-state index contributed by atoms with van der Waals surface area (Å²) in [7, 11) is 0. The van der Waals surface area contributed by atoms with Crippen LogP contribution in [0.2, 0.25) is 0 Å². The average Bonchev–Trinajstić information content (AvgIpc) is 3.37. The van der Waals surface area contributed by atoms with Crippen molar-refractivity contribution in [2.24, 2.45) is 11.8 Å². The molecule has 1 saturated heterocycles. The summed E-state index contributed by atoms with van der Waals surface area (Å²) in [5.74, 6) is -3.61. The van der Waals surface area contributed by atoms with E-state index in [4.69, 9.17) is 19.8 Å². The van der Waals surface area contributed by atoms with Gasteiger partial charge in [-0.2, -0.15) is 31.4 Å². The molecular weight excluding hydrogens is 556 g/mol. The van der Waals surface area contributed by atoms with Crippen molar-refractivity contribution in [1.82, 2.24) is 24.2 Å². The quantitative estimate of drug-likeness (QED) is 0.409. The zero-order valence-corrected chi connectivity index (χ0v) is 20.7. The van der Waals surface area contributed by atoms with Crippen molar-refractivity contribution in [2.75, 3.05) is 13.1 Å². The molecule has 3 aliphatic rings. The van der Waals surface area contributed by atoms with Crippen molar-refractivity contribution in [1.29, 1.82) is 0 Å². The van der Waals surface area contributed by atoms with Crippen molar-refractivity contribution in [3.05, 3.63) is 56.6 Å². The number of carboxylic acids is 2. The number of carboxylic acid groups (broad SMARTS) is 2. The van der Waals surface area contributed by atoms with Crippen LogP contribution in [0.5, 0.6) is 0 Å². The predicted molar refractivity (Wildman–Crippen MR) is 123 cm³/mol. The molecule has 5 rings (SSSR count). The van der Waals surface area contributed by atoms with Crippen LogP contribution in [0.1, 0.15) is 36.7 Å². The van der Waals surface area contributed by atoms with E-state index in [1.54, 1.807) is 4.57 Å². The average molecular weight is 581 g/mol. The van der Waals surface area contributed by atoms with Gasteiger partial charge in [-0.3, -0.25) is 24.0 Å². The number of fused-ring (bicyclic) bond motifs is 3. The smallest absolute Gasteiger partial charge is 0.475 e. The molecule has 2 fully saturated rings. The number of nitrogens with zero attached hydrogens (tertiary/aromatic N) is 5. The second-order valence-electron chi connectivity index (χ2n) is 9.55. The number of alkyl halides is 6. The Balaban J connectivity index is 0.000000263. The second-order valence-corrected chi connectivity index (χ2v) is 9.55. The molecule has 2 aromatic heterocycles. The third kappa shape index (κ3) is 7.67. The largest absolute Gasteiger partial charge is 0.490 e. The molecule has 0 spiro atoms. The van der Waals surface area contributed by atoms with Crippen LogP contribution in [-0.4, -0.2) is 71.8 Å². The number of likely N-dealkylation sites (tertiary alicyclic amines) is 1. The van der Waals surface area contributed by atoms with Gasteiger partial charge >= 0.3 is 35.4 Å². The first-order chi connectivity index (χ1) is 18.6. The third-order valence-electron chi connectivity index (χ3n) is 6.68. The number of halogens is 6. The van der Waals surface area contributed by atoms with Crippen molar-refractivity contribution in [2.45, 2.75) is 57.2 Å². The summed E-state index contributed by atoms with van der Waals surface area (Å²) in [5, 5.41) is 18.9. The summed E-state index contributed by atoms with van der Waals surface area (Å²) >= 11 is 0. The Hall–Kier alpha value is -3.76. The number of carbonyl (C=O) groups is 2. The molecule has 0 bridgehead atoms. The molecule has 0 amide bonds. The van der Waals surface area contributed by atoms with Gasteiger partial charge in [-0.15, -0.1) is 0 Å². The lowest BCUT2D eigenvalue weighted by Gasteiger charge is -2.25. The van der Waals surface area contributed by atoms with E-state index in [0.717, 1.165) is 44.0 Å². The van der Waals surface area contributed by atoms with Crippen LogP contribution in [0.25, 0.3) is 0 Å². The van der Waals surface area contributed by atoms with Crippen molar-refractivity contribution < 1.29 is 46.1 Å². The summed E-state index contributed by atoms with van der Waals surface area (Å²) in [6.07, 6.45) is -4.86. The minimum absolute atomic E-state index is 0.236. The highest BCUT2D eigenvalue weighted by atomic mass is 19.4. The molecule has 2 aromatic rings. The summed E-state index contributed by atoms with van der Waals surface area (Å²) in [6, 6.07) is 5.98. The number of aromatic nitrogens is 4. The molecule has 1 saturated carbocycles. The summed E-state index contributed by atoms with van der Waals surface area (Å²) in [6.45, 7) is 3.82. The van der Waals surface area contributed by atoms with Gasteiger partial charge < -0.3 is 10.2 Å². The zero-order chi connectivity index (χ0) is 29.8. The molecule has 11 nitrogen and oxygen atoms in total. The first kappa shape index (κ1) is 30.8. The van der Waals surface area contributed by atoms with Gasteiger partial charge in [-0.05, 0) is 30.9 Å². The van der Waals surface area contributed by atoms with E-state index >= 15 is 0 Å². The monoisotopic (exact) mass is 581 g/mol. The lowest BCUT2D eigenvalue weighted by Crippen LogP contribution is -2.45. The Morgan fingerprint density at radius 3 is 2.00 bits per heavy atom. The van der Waals surface area contributed by atoms with Crippen LogP contribution in [0.3, 0.4) is 0 Å². The SMILES string of the molecule is O=C(O)C(F)(F)F.O=C(O)C(F)(F)F.O=c1c(=O)n2c(nn1CC1CCC1)C1CN(Cc3ccccn3)CC1C2. The normalized spacial score (nSPS) is 20.2. The number of pyridine rings is 1. The standard InChI is InChI=1S/C19H23N5O2.2C2HF3O2/c25-18-19(26)24(8-13-4-3-5-13)21-17-16-12-22(9-14(16)10-23(17)18)11-15-6-1-2-7-20-15;2*3-2(4,5)1(6)7/h1-2,6-7,13-14,16H,3-5,8-12H2;2*(H,6,7). The molecule has 17 heteroatoms. The minimum Gasteiger partial charge on any atom is -0.475 e. The molecular formula is C23H25F6N5O6. The number of aliphatic carboxylic acids is 2. The molecule has 1 aliphatic carbocycles. The van der Waals surface area contributed by atoms with Crippen molar-refractivity contribution in [3.63, 3.8) is 0 Å². The fourth-order valence-electron chi connectivity index (χ4n) is 4.57. The molecule has 4 heterocycles. The first-order valence-electron chi connectivity index (χ1n) is 12.0. The van der Waals surface area contributed by atoms with Gasteiger partial charge in [-0.1, -0.05) is 12.5 Å². The predicted octanol–water partition coefficient (Wildman–Crippen LogP) is 2.10. The maximum absolute atomic E-state index is 12.5. The van der Waals surface area contributed by atoms with Gasteiger partial charge in [0.25, 0.3) is 0 Å². The van der Waals surface area contributed by atoms with E-state index in [-0.39, 0.29) is 11.5 Å². The Bertz CT molecular complexity index is 1300. The van der Waals surface area contributed by atoms with Gasteiger partial charge in [0.15, 0.2) is 0 Å². The molecule has 2 atom stereocenters. The lowest BCUT2D eigenvalue weighted by molar-refractivity contribution is -0.193. The van der Waals surface area contributed by atoms with Gasteiger partial charge in [0.2, 0.25) is 0 Å². The molecule has 2 aliphatic heterocycles. The lowest BCUT2D eigenvalue weighted by atomic mass is 9.85. The van der Waals surface area contributed by atoms with Crippen molar-refractivity contribution in [3.8, 4) is 0 Å². The Morgan fingerprint density at radius 2 is 1.52 bits per heavy atom. The van der Waals surface area contributed by atoms with E-state index in [0.29, 0.717) is 24.9 Å². The first-order valence-corrected chi connectivity index (χ1v) is 12.0. The summed E-state index contributed by atoms with van der Waals surface area (Å²) < 4.78 is 66.6. The van der Waals surface area contributed by atoms with Crippen LogP contribution in [0.4, 0.5) is 26.3 Å². The van der Waals surface area contributed by atoms with E-state index in [1.807, 2.05) is 24.4 Å². The topological polar surface area (TPSA) is 148 Å². The van der Waals surface area contributed by atoms with Gasteiger partial charge in [0.05, 0.1) is 5.69 Å². The van der Waals surface area contributed by atoms with E-state index in [2.05, 4.69) is 15.0 Å². The van der Waals surface area contributed by atoms with Crippen LogP contribution in [0, 0.1) is 11.8 Å². The van der Waals surface area contributed by atoms with Crippen molar-refractivity contribution >= 4 is 11.9 Å². The number of hydrogen-bond acceptors (Lipinski definition) is 7. The summed E-state index contributed by atoms with van der Waals surface area (Å²) in [5.41, 5.74) is 0.221. The van der Waals surface area contributed by atoms with Gasteiger partial charge in [0, 0.05) is 50.8 Å². The molecule has 220 valence electrons. The maximum Gasteiger partial charge on any atom is 0.490 e. The van der Waals surface area contributed by atoms with Crippen LogP contribution < -0.4 is 11.1 Å². The molecule has 0 radical (unpaired) electrons. The maximum atomic E-state index is 12.5. The highest BCUT2D eigenvalue weighted by molar-refractivity contribution is 5.73. The molecule has 2 unspecified atom stereocenters. The highest BCUT2D eigenvalue weighted by Crippen LogP contribution is 2.37. The van der Waals surface area contributed by atoms with E-state index in [1.165, 1.54) is 11.1 Å². The Morgan fingerprint density at radius 1 is 0.925 bits per heavy atom. The van der Waals surface area contributed by atoms with E-state index in [9.17, 15) is 35.9 Å². The van der Waals surface area contributed by atoms with Crippen LogP contribution in [-0.2, 0) is 29.2 Å². The second kappa shape index (κ2) is 12.2. The number of rotatable bonds is 4. The van der Waals surface area contributed by atoms with Gasteiger partial charge in [-0.25, -0.2) is 14.3 Å². The van der Waals surface area contributed by atoms with Gasteiger partial charge in [0.1, 0.15) is 5.82 Å². The fourth-order valence-corrected chi connectivity index (χ4v) is 4.57. The fraction of sp³-hybridized carbons (Fsp3) is 0.565. The van der Waals surface area contributed by atoms with Crippen LogP contribution >= 0.6 is 0 Å². The Labute approximate surface area is 221 Å².